The van der Waals surface area contributed by atoms with Crippen molar-refractivity contribution < 1.29 is 9.53 Å². The van der Waals surface area contributed by atoms with Gasteiger partial charge in [0.05, 0.1) is 12.6 Å². The molecule has 0 bridgehead atoms. The second kappa shape index (κ2) is 5.36. The van der Waals surface area contributed by atoms with Crippen molar-refractivity contribution in [3.63, 3.8) is 0 Å². The molecular formula is C15H17N3O2. The molecule has 2 heterocycles. The van der Waals surface area contributed by atoms with Gasteiger partial charge in [-0.1, -0.05) is 18.2 Å². The standard InChI is InChI=1S/C15H17N3O2/c1-11(18-9-4-8-16-18)15(19)17-13-7-10-20-14-6-3-2-5-12(13)14/h2-6,8-9,11,13H,7,10H2,1H3,(H,17,19). The SMILES string of the molecule is CC(C(=O)NC1CCOc2ccccc21)n1cccn1. The lowest BCUT2D eigenvalue weighted by Gasteiger charge is -2.27. The van der Waals surface area contributed by atoms with Crippen LogP contribution in [-0.4, -0.2) is 22.3 Å². The number of carbonyl (C=O) groups is 1. The minimum Gasteiger partial charge on any atom is -0.493 e. The average Bonchev–Trinajstić information content (AvgIpc) is 3.01. The molecule has 2 unspecified atom stereocenters. The van der Waals surface area contributed by atoms with Gasteiger partial charge < -0.3 is 10.1 Å². The average molecular weight is 271 g/mol. The molecule has 0 saturated carbocycles. The van der Waals surface area contributed by atoms with E-state index in [0.29, 0.717) is 6.61 Å². The summed E-state index contributed by atoms with van der Waals surface area (Å²) in [5, 5.41) is 7.19. The Morgan fingerprint density at radius 1 is 1.45 bits per heavy atom. The van der Waals surface area contributed by atoms with Crippen LogP contribution in [-0.2, 0) is 4.79 Å². The Kier molecular flexibility index (Phi) is 3.41. The van der Waals surface area contributed by atoms with E-state index in [1.165, 1.54) is 0 Å². The first-order valence-electron chi connectivity index (χ1n) is 6.77. The van der Waals surface area contributed by atoms with E-state index in [-0.39, 0.29) is 18.0 Å². The number of ether oxygens (including phenoxy) is 1. The van der Waals surface area contributed by atoms with Gasteiger partial charge in [0.25, 0.3) is 0 Å². The van der Waals surface area contributed by atoms with Crippen molar-refractivity contribution in [3.8, 4) is 5.75 Å². The summed E-state index contributed by atoms with van der Waals surface area (Å²) in [6.07, 6.45) is 4.25. The van der Waals surface area contributed by atoms with Gasteiger partial charge in [0.2, 0.25) is 5.91 Å². The van der Waals surface area contributed by atoms with E-state index in [0.717, 1.165) is 17.7 Å². The summed E-state index contributed by atoms with van der Waals surface area (Å²) in [5.41, 5.74) is 1.04. The lowest BCUT2D eigenvalue weighted by atomic mass is 10.0. The summed E-state index contributed by atoms with van der Waals surface area (Å²) < 4.78 is 7.25. The third-order valence-electron chi connectivity index (χ3n) is 3.58. The summed E-state index contributed by atoms with van der Waals surface area (Å²) in [6, 6.07) is 9.33. The smallest absolute Gasteiger partial charge is 0.245 e. The molecule has 1 aromatic carbocycles. The summed E-state index contributed by atoms with van der Waals surface area (Å²) >= 11 is 0. The van der Waals surface area contributed by atoms with Crippen LogP contribution in [0.4, 0.5) is 0 Å². The molecule has 1 aliphatic rings. The normalized spacial score (nSPS) is 18.8. The molecule has 0 saturated heterocycles. The van der Waals surface area contributed by atoms with Crippen molar-refractivity contribution >= 4 is 5.91 Å². The van der Waals surface area contributed by atoms with Crippen molar-refractivity contribution in [2.45, 2.75) is 25.4 Å². The van der Waals surface area contributed by atoms with Crippen LogP contribution < -0.4 is 10.1 Å². The van der Waals surface area contributed by atoms with Crippen molar-refractivity contribution in [3.05, 3.63) is 48.3 Å². The first kappa shape index (κ1) is 12.7. The Morgan fingerprint density at radius 3 is 3.10 bits per heavy atom. The lowest BCUT2D eigenvalue weighted by molar-refractivity contribution is -0.125. The number of nitrogens with zero attached hydrogens (tertiary/aromatic N) is 2. The molecule has 1 aromatic heterocycles. The zero-order chi connectivity index (χ0) is 13.9. The number of carbonyl (C=O) groups excluding carboxylic acids is 1. The molecule has 1 aliphatic heterocycles. The molecule has 1 amide bonds. The second-order valence-electron chi connectivity index (χ2n) is 4.90. The summed E-state index contributed by atoms with van der Waals surface area (Å²) in [4.78, 5) is 12.3. The van der Waals surface area contributed by atoms with E-state index in [1.54, 1.807) is 17.1 Å². The molecule has 0 radical (unpaired) electrons. The molecule has 2 aromatic rings. The monoisotopic (exact) mass is 271 g/mol. The summed E-state index contributed by atoms with van der Waals surface area (Å²) in [7, 11) is 0. The van der Waals surface area contributed by atoms with Crippen molar-refractivity contribution in [1.29, 1.82) is 0 Å². The van der Waals surface area contributed by atoms with Gasteiger partial charge in [0, 0.05) is 24.4 Å². The maximum atomic E-state index is 12.3. The molecule has 2 atom stereocenters. The Balaban J connectivity index is 1.74. The number of fused-ring (bicyclic) bond motifs is 1. The highest BCUT2D eigenvalue weighted by atomic mass is 16.5. The van der Waals surface area contributed by atoms with Crippen LogP contribution in [0.3, 0.4) is 0 Å². The highest BCUT2D eigenvalue weighted by Gasteiger charge is 2.25. The van der Waals surface area contributed by atoms with Crippen LogP contribution in [0, 0.1) is 0 Å². The van der Waals surface area contributed by atoms with Gasteiger partial charge in [-0.05, 0) is 19.1 Å². The van der Waals surface area contributed by atoms with Crippen LogP contribution in [0.1, 0.15) is 31.0 Å². The summed E-state index contributed by atoms with van der Waals surface area (Å²) in [5.74, 6) is 0.825. The van der Waals surface area contributed by atoms with Gasteiger partial charge in [0.1, 0.15) is 11.8 Å². The maximum Gasteiger partial charge on any atom is 0.245 e. The molecule has 3 rings (SSSR count). The largest absolute Gasteiger partial charge is 0.493 e. The van der Waals surface area contributed by atoms with E-state index >= 15 is 0 Å². The van der Waals surface area contributed by atoms with Crippen molar-refractivity contribution in [1.82, 2.24) is 15.1 Å². The number of rotatable bonds is 3. The first-order chi connectivity index (χ1) is 9.75. The van der Waals surface area contributed by atoms with Gasteiger partial charge in [-0.2, -0.15) is 5.10 Å². The molecular weight excluding hydrogens is 254 g/mol. The van der Waals surface area contributed by atoms with Gasteiger partial charge in [-0.3, -0.25) is 9.48 Å². The lowest BCUT2D eigenvalue weighted by Crippen LogP contribution is -2.36. The predicted molar refractivity (Wildman–Crippen MR) is 74.4 cm³/mol. The van der Waals surface area contributed by atoms with Crippen LogP contribution in [0.15, 0.2) is 42.7 Å². The number of nitrogens with one attached hydrogen (secondary N) is 1. The molecule has 0 aliphatic carbocycles. The first-order valence-corrected chi connectivity index (χ1v) is 6.77. The van der Waals surface area contributed by atoms with E-state index < -0.39 is 0 Å². The molecule has 1 N–H and O–H groups in total. The zero-order valence-corrected chi connectivity index (χ0v) is 11.3. The Hall–Kier alpha value is -2.30. The van der Waals surface area contributed by atoms with E-state index in [4.69, 9.17) is 4.74 Å². The van der Waals surface area contributed by atoms with Crippen molar-refractivity contribution in [2.24, 2.45) is 0 Å². The molecule has 5 heteroatoms. The molecule has 20 heavy (non-hydrogen) atoms. The van der Waals surface area contributed by atoms with Crippen LogP contribution in [0.5, 0.6) is 5.75 Å². The fourth-order valence-corrected chi connectivity index (χ4v) is 2.41. The third kappa shape index (κ3) is 2.39. The Labute approximate surface area is 117 Å². The molecule has 5 nitrogen and oxygen atoms in total. The highest BCUT2D eigenvalue weighted by molar-refractivity contribution is 5.80. The zero-order valence-electron chi connectivity index (χ0n) is 11.3. The number of amides is 1. The fourth-order valence-electron chi connectivity index (χ4n) is 2.41. The van der Waals surface area contributed by atoms with Gasteiger partial charge >= 0.3 is 0 Å². The minimum absolute atomic E-state index is 0.00506. The molecule has 0 fully saturated rings. The predicted octanol–water partition coefficient (Wildman–Crippen LogP) is 2.08. The molecule has 0 spiro atoms. The minimum atomic E-state index is -0.319. The third-order valence-corrected chi connectivity index (χ3v) is 3.58. The number of benzene rings is 1. The van der Waals surface area contributed by atoms with Crippen LogP contribution in [0.25, 0.3) is 0 Å². The van der Waals surface area contributed by atoms with Crippen LogP contribution >= 0.6 is 0 Å². The Morgan fingerprint density at radius 2 is 2.30 bits per heavy atom. The van der Waals surface area contributed by atoms with E-state index in [9.17, 15) is 4.79 Å². The van der Waals surface area contributed by atoms with E-state index in [2.05, 4.69) is 10.4 Å². The Bertz CT molecular complexity index is 595. The second-order valence-corrected chi connectivity index (χ2v) is 4.90. The number of hydrogen-bond donors (Lipinski definition) is 1. The van der Waals surface area contributed by atoms with Crippen molar-refractivity contribution in [2.75, 3.05) is 6.61 Å². The van der Waals surface area contributed by atoms with Gasteiger partial charge in [0.15, 0.2) is 0 Å². The number of para-hydroxylation sites is 1. The van der Waals surface area contributed by atoms with E-state index in [1.807, 2.05) is 37.3 Å². The maximum absolute atomic E-state index is 12.3. The number of hydrogen-bond acceptors (Lipinski definition) is 3. The summed E-state index contributed by atoms with van der Waals surface area (Å²) in [6.45, 7) is 2.46. The van der Waals surface area contributed by atoms with Crippen LogP contribution in [0.2, 0.25) is 0 Å². The molecule has 104 valence electrons. The topological polar surface area (TPSA) is 56.1 Å². The highest BCUT2D eigenvalue weighted by Crippen LogP contribution is 2.31. The number of aromatic nitrogens is 2. The van der Waals surface area contributed by atoms with Gasteiger partial charge in [-0.15, -0.1) is 0 Å². The fraction of sp³-hybridized carbons (Fsp3) is 0.333. The van der Waals surface area contributed by atoms with Gasteiger partial charge in [-0.25, -0.2) is 0 Å². The quantitative estimate of drug-likeness (QED) is 0.930.